The minimum Gasteiger partial charge on any atom is -0.456 e. The van der Waals surface area contributed by atoms with Gasteiger partial charge in [-0.15, -0.1) is 0 Å². The average molecular weight is 676 g/mol. The smallest absolute Gasteiger partial charge is 0.136 e. The Labute approximate surface area is 335 Å². The molecular formula is C50H30O. The fourth-order valence-corrected chi connectivity index (χ4v) is 6.27. The zero-order valence-corrected chi connectivity index (χ0v) is 25.5. The van der Waals surface area contributed by atoms with E-state index in [2.05, 4.69) is 0 Å². The minimum atomic E-state index is -1.02. The van der Waals surface area contributed by atoms with Gasteiger partial charge in [0.1, 0.15) is 11.2 Å². The quantitative estimate of drug-likeness (QED) is 0.134. The standard InChI is InChI=1S/C50H30O/c1-2-11-36-30-48-46(28-35(36)10-1)45-29-38(25-26-47(45)51-48)50-42-15-7-5-13-40(42)49(41-14-6-8-16-43(41)50)34-22-17-31(18-23-34)37-24-21-33-20-19-32-9-3-4-12-39(32)44(33)27-37/h1-30H/i1D,2D,3D,4D,5D,6D,7D,8D,9D,10D,11D,12D,13D,14D,15D,16D,17D,19D,20D,21D,22D,23D,24D,25D,26D,27D,28D,29D,30D. The molecule has 0 bridgehead atoms. The van der Waals surface area contributed by atoms with Crippen LogP contribution in [0.15, 0.2) is 186 Å². The van der Waals surface area contributed by atoms with E-state index in [0.29, 0.717) is 0 Å². The predicted octanol–water partition coefficient (Wildman–Crippen LogP) is 14.4. The summed E-state index contributed by atoms with van der Waals surface area (Å²) in [6.45, 7) is 0. The van der Waals surface area contributed by atoms with Crippen LogP contribution in [-0.2, 0) is 0 Å². The number of benzene rings is 10. The lowest BCUT2D eigenvalue weighted by molar-refractivity contribution is 0.669. The van der Waals surface area contributed by atoms with E-state index in [9.17, 15) is 16.4 Å². The Morgan fingerprint density at radius 2 is 0.784 bits per heavy atom. The third-order valence-corrected chi connectivity index (χ3v) is 8.53. The van der Waals surface area contributed by atoms with Gasteiger partial charge in [0.05, 0.1) is 39.8 Å². The molecule has 11 rings (SSSR count). The van der Waals surface area contributed by atoms with Crippen molar-refractivity contribution < 1.29 is 44.2 Å². The normalized spacial score (nSPS) is 19.9. The molecule has 236 valence electrons. The molecule has 0 radical (unpaired) electrons. The van der Waals surface area contributed by atoms with Crippen LogP contribution in [0.3, 0.4) is 0 Å². The van der Waals surface area contributed by atoms with Crippen LogP contribution in [0.5, 0.6) is 0 Å². The van der Waals surface area contributed by atoms with Crippen molar-refractivity contribution >= 4 is 75.8 Å². The van der Waals surface area contributed by atoms with Crippen molar-refractivity contribution in [3.05, 3.63) is 181 Å². The SMILES string of the molecule is [2H]c1cc(-c2c([2H])c([2H])c3c([2H])c([2H])c4c([2H])c([2H])c([2H])c([2H])c4c3c2[2H])c([2H])c([2H])c1-c1c2c([2H])c([2H])c([2H])c([2H])c2c(-c2c([2H])c([2H])c3oc4c([2H])c5c([2H])c([2H])c([2H])c([2H])c5c([2H])c4c3c2[2H])c2c([2H])c([2H])c([2H])c([2H])c12. The molecule has 11 aromatic rings. The highest BCUT2D eigenvalue weighted by atomic mass is 16.3. The average Bonchev–Trinajstić information content (AvgIpc) is 3.90. The summed E-state index contributed by atoms with van der Waals surface area (Å²) in [5.41, 5.74) is -5.25. The minimum absolute atomic E-state index is 0.445. The lowest BCUT2D eigenvalue weighted by Crippen LogP contribution is -1.91. The van der Waals surface area contributed by atoms with Gasteiger partial charge >= 0.3 is 0 Å². The number of hydrogen-bond acceptors (Lipinski definition) is 1. The highest BCUT2D eigenvalue weighted by Crippen LogP contribution is 2.45. The fourth-order valence-electron chi connectivity index (χ4n) is 6.27. The molecule has 0 atom stereocenters. The van der Waals surface area contributed by atoms with Gasteiger partial charge in [-0.05, 0) is 117 Å². The van der Waals surface area contributed by atoms with Gasteiger partial charge in [0, 0.05) is 10.8 Å². The van der Waals surface area contributed by atoms with Gasteiger partial charge in [0.15, 0.2) is 0 Å². The summed E-state index contributed by atoms with van der Waals surface area (Å²) < 4.78 is 268. The van der Waals surface area contributed by atoms with E-state index in [-0.39, 0.29) is 0 Å². The van der Waals surface area contributed by atoms with Crippen LogP contribution in [0.4, 0.5) is 0 Å². The second-order valence-electron chi connectivity index (χ2n) is 11.3. The van der Waals surface area contributed by atoms with Gasteiger partial charge in [-0.1, -0.05) is 151 Å². The van der Waals surface area contributed by atoms with Crippen LogP contribution in [0.2, 0.25) is 0 Å². The zero-order chi connectivity index (χ0) is 58.7. The van der Waals surface area contributed by atoms with Crippen LogP contribution in [0.25, 0.3) is 109 Å². The second-order valence-corrected chi connectivity index (χ2v) is 11.3. The summed E-state index contributed by atoms with van der Waals surface area (Å²) in [6.07, 6.45) is 0. The highest BCUT2D eigenvalue weighted by Gasteiger charge is 2.18. The fraction of sp³-hybridized carbons (Fsp3) is 0. The monoisotopic (exact) mass is 675 g/mol. The molecule has 0 unspecified atom stereocenters. The van der Waals surface area contributed by atoms with Crippen LogP contribution in [0.1, 0.15) is 39.8 Å². The topological polar surface area (TPSA) is 13.1 Å². The van der Waals surface area contributed by atoms with E-state index in [4.69, 9.17) is 27.7 Å². The van der Waals surface area contributed by atoms with Crippen molar-refractivity contribution in [3.63, 3.8) is 0 Å². The molecule has 10 aromatic carbocycles. The van der Waals surface area contributed by atoms with Crippen LogP contribution in [0, 0.1) is 0 Å². The third kappa shape index (κ3) is 4.35. The lowest BCUT2D eigenvalue weighted by Gasteiger charge is -2.18. The van der Waals surface area contributed by atoms with Crippen molar-refractivity contribution in [3.8, 4) is 33.4 Å². The van der Waals surface area contributed by atoms with Crippen molar-refractivity contribution in [2.75, 3.05) is 0 Å². The molecule has 0 aliphatic heterocycles. The van der Waals surface area contributed by atoms with E-state index in [1.54, 1.807) is 0 Å². The van der Waals surface area contributed by atoms with Gasteiger partial charge in [-0.3, -0.25) is 0 Å². The van der Waals surface area contributed by atoms with Gasteiger partial charge in [0.25, 0.3) is 0 Å². The summed E-state index contributed by atoms with van der Waals surface area (Å²) in [6, 6.07) is -24.0. The Balaban J connectivity index is 1.32. The molecule has 1 heterocycles. The molecule has 0 spiro atoms. The number of fused-ring (bicyclic) bond motifs is 9. The van der Waals surface area contributed by atoms with E-state index >= 15 is 0 Å². The second kappa shape index (κ2) is 10.9. The number of rotatable bonds is 3. The molecule has 1 aromatic heterocycles. The Morgan fingerprint density at radius 3 is 1.51 bits per heavy atom. The van der Waals surface area contributed by atoms with E-state index < -0.39 is 284 Å². The number of hydrogen-bond donors (Lipinski definition) is 0. The van der Waals surface area contributed by atoms with Crippen molar-refractivity contribution in [2.24, 2.45) is 0 Å². The first-order valence-corrected chi connectivity index (χ1v) is 15.2. The molecule has 1 heteroatoms. The molecule has 0 amide bonds. The first-order valence-electron chi connectivity index (χ1n) is 29.7. The largest absolute Gasteiger partial charge is 0.456 e. The molecule has 0 saturated heterocycles. The predicted molar refractivity (Wildman–Crippen MR) is 218 cm³/mol. The maximum atomic E-state index is 9.85. The summed E-state index contributed by atoms with van der Waals surface area (Å²) in [5.74, 6) is 0. The summed E-state index contributed by atoms with van der Waals surface area (Å²) in [7, 11) is 0. The van der Waals surface area contributed by atoms with Crippen molar-refractivity contribution in [2.45, 2.75) is 0 Å². The Bertz CT molecular complexity index is 4790. The van der Waals surface area contributed by atoms with Crippen molar-refractivity contribution in [1.82, 2.24) is 0 Å². The zero-order valence-electron chi connectivity index (χ0n) is 54.5. The Hall–Kier alpha value is -6.70. The lowest BCUT2D eigenvalue weighted by atomic mass is 9.85. The van der Waals surface area contributed by atoms with E-state index in [1.807, 2.05) is 0 Å². The Morgan fingerprint density at radius 1 is 0.294 bits per heavy atom. The molecule has 0 aliphatic carbocycles. The Kier molecular flexibility index (Phi) is 2.56. The summed E-state index contributed by atoms with van der Waals surface area (Å²) >= 11 is 0. The molecule has 1 nitrogen and oxygen atoms in total. The highest BCUT2D eigenvalue weighted by molar-refractivity contribution is 6.22. The van der Waals surface area contributed by atoms with Crippen LogP contribution in [-0.4, -0.2) is 0 Å². The van der Waals surface area contributed by atoms with Crippen LogP contribution >= 0.6 is 0 Å². The van der Waals surface area contributed by atoms with E-state index in [1.165, 1.54) is 0 Å². The third-order valence-electron chi connectivity index (χ3n) is 8.53. The summed E-state index contributed by atoms with van der Waals surface area (Å²) in [5, 5.41) is -6.68. The van der Waals surface area contributed by atoms with Gasteiger partial charge in [-0.25, -0.2) is 0 Å². The number of furan rings is 1. The molecule has 0 N–H and O–H groups in total. The van der Waals surface area contributed by atoms with Gasteiger partial charge < -0.3 is 4.42 Å². The van der Waals surface area contributed by atoms with E-state index in [0.717, 1.165) is 6.07 Å². The van der Waals surface area contributed by atoms with Gasteiger partial charge in [-0.2, -0.15) is 0 Å². The maximum Gasteiger partial charge on any atom is 0.136 e. The molecule has 0 aliphatic rings. The molecule has 0 fully saturated rings. The molecular weight excluding hydrogens is 617 g/mol. The van der Waals surface area contributed by atoms with Crippen LogP contribution < -0.4 is 0 Å². The maximum absolute atomic E-state index is 9.85. The first-order chi connectivity index (χ1) is 37.4. The van der Waals surface area contributed by atoms with Crippen molar-refractivity contribution in [1.29, 1.82) is 0 Å². The molecule has 51 heavy (non-hydrogen) atoms. The molecule has 0 saturated carbocycles. The summed E-state index contributed by atoms with van der Waals surface area (Å²) in [4.78, 5) is 0. The van der Waals surface area contributed by atoms with Gasteiger partial charge in [0.2, 0.25) is 0 Å². The first kappa shape index (κ1) is 12.0.